The lowest BCUT2D eigenvalue weighted by molar-refractivity contribution is -0.124. The minimum Gasteiger partial charge on any atom is -0.394 e. The molecule has 0 aliphatic heterocycles. The van der Waals surface area contributed by atoms with Crippen LogP contribution in [0.4, 0.5) is 0 Å². The average Bonchev–Trinajstić information content (AvgIpc) is 3.18. The van der Waals surface area contributed by atoms with Gasteiger partial charge >= 0.3 is 0 Å². The molecule has 0 rings (SSSR count). The Kier molecular flexibility index (Phi) is 45.0. The maximum Gasteiger partial charge on any atom is 0.222 e. The molecule has 5 nitrogen and oxygen atoms in total. The number of carbonyl (C=O) groups is 1. The largest absolute Gasteiger partial charge is 0.394 e. The van der Waals surface area contributed by atoms with E-state index in [1.807, 2.05) is 6.08 Å². The van der Waals surface area contributed by atoms with Gasteiger partial charge in [-0.05, 0) is 19.3 Å². The number of allylic oxidation sites excluding steroid dienone is 1. The van der Waals surface area contributed by atoms with Crippen molar-refractivity contribution in [2.75, 3.05) is 6.61 Å². The summed E-state index contributed by atoms with van der Waals surface area (Å²) in [6.45, 7) is 4.24. The zero-order valence-electron chi connectivity index (χ0n) is 37.3. The van der Waals surface area contributed by atoms with Crippen LogP contribution < -0.4 is 5.32 Å². The molecule has 0 bridgehead atoms. The number of amides is 1. The van der Waals surface area contributed by atoms with Crippen molar-refractivity contribution in [1.29, 1.82) is 0 Å². The average molecular weight is 778 g/mol. The number of hydrogen-bond acceptors (Lipinski definition) is 4. The minimum absolute atomic E-state index is 0.0192. The van der Waals surface area contributed by atoms with Gasteiger partial charge in [0.2, 0.25) is 5.91 Å². The Bertz CT molecular complexity index is 773. The number of carbonyl (C=O) groups excluding carboxylic acids is 1. The highest BCUT2D eigenvalue weighted by Crippen LogP contribution is 2.17. The summed E-state index contributed by atoms with van der Waals surface area (Å²) in [5.74, 6) is -0.310. The Balaban J connectivity index is 3.58. The highest BCUT2D eigenvalue weighted by atomic mass is 16.3. The molecule has 0 fully saturated rings. The summed E-state index contributed by atoms with van der Waals surface area (Å²) in [6, 6.07) is -0.740. The van der Waals surface area contributed by atoms with Crippen molar-refractivity contribution in [3.63, 3.8) is 0 Å². The van der Waals surface area contributed by atoms with E-state index in [1.165, 1.54) is 225 Å². The molecule has 3 atom stereocenters. The molecule has 1 amide bonds. The van der Waals surface area contributed by atoms with Crippen molar-refractivity contribution in [3.8, 4) is 0 Å². The fourth-order valence-corrected chi connectivity index (χ4v) is 7.99. The molecule has 0 aromatic carbocycles. The molecule has 0 saturated carbocycles. The van der Waals surface area contributed by atoms with Crippen molar-refractivity contribution in [1.82, 2.24) is 5.32 Å². The molecule has 0 radical (unpaired) electrons. The molecule has 0 aliphatic carbocycles. The van der Waals surface area contributed by atoms with Crippen LogP contribution in [0.1, 0.15) is 277 Å². The fraction of sp³-hybridized carbons (Fsp3) is 0.940. The number of unbranched alkanes of at least 4 members (excludes halogenated alkanes) is 37. The van der Waals surface area contributed by atoms with Gasteiger partial charge < -0.3 is 20.6 Å². The molecule has 55 heavy (non-hydrogen) atoms. The van der Waals surface area contributed by atoms with Crippen LogP contribution >= 0.6 is 0 Å². The van der Waals surface area contributed by atoms with Crippen LogP contribution in [0.25, 0.3) is 0 Å². The first-order valence-electron chi connectivity index (χ1n) is 25.0. The topological polar surface area (TPSA) is 89.8 Å². The second-order valence-electron chi connectivity index (χ2n) is 17.4. The van der Waals surface area contributed by atoms with Gasteiger partial charge in [-0.15, -0.1) is 0 Å². The van der Waals surface area contributed by atoms with Gasteiger partial charge in [-0.25, -0.2) is 0 Å². The van der Waals surface area contributed by atoms with E-state index in [0.29, 0.717) is 6.42 Å². The Morgan fingerprint density at radius 1 is 0.455 bits per heavy atom. The predicted octanol–water partition coefficient (Wildman–Crippen LogP) is 14.8. The molecule has 0 heterocycles. The number of rotatable bonds is 46. The third kappa shape index (κ3) is 42.5. The van der Waals surface area contributed by atoms with Gasteiger partial charge in [-0.2, -0.15) is 0 Å². The van der Waals surface area contributed by atoms with Crippen LogP contribution in [0.2, 0.25) is 0 Å². The molecule has 5 heteroatoms. The van der Waals surface area contributed by atoms with E-state index in [1.54, 1.807) is 6.08 Å². The fourth-order valence-electron chi connectivity index (χ4n) is 7.99. The second kappa shape index (κ2) is 45.8. The van der Waals surface area contributed by atoms with Gasteiger partial charge in [0.25, 0.3) is 0 Å². The number of nitrogens with one attached hydrogen (secondary N) is 1. The summed E-state index contributed by atoms with van der Waals surface area (Å²) in [5, 5.41) is 33.4. The molecule has 0 spiro atoms. The maximum atomic E-state index is 12.5. The smallest absolute Gasteiger partial charge is 0.222 e. The van der Waals surface area contributed by atoms with Crippen LogP contribution in [0.15, 0.2) is 12.2 Å². The molecule has 4 N–H and O–H groups in total. The first-order chi connectivity index (χ1) is 27.0. The van der Waals surface area contributed by atoms with Crippen LogP contribution in [-0.2, 0) is 4.79 Å². The molecule has 0 aliphatic rings. The van der Waals surface area contributed by atoms with Crippen molar-refractivity contribution in [2.24, 2.45) is 0 Å². The third-order valence-corrected chi connectivity index (χ3v) is 11.8. The van der Waals surface area contributed by atoms with Crippen LogP contribution in [-0.4, -0.2) is 46.1 Å². The Labute approximate surface area is 344 Å². The SMILES string of the molecule is CCCCCCCCCCCCCCCCCC/C=C/C(O)C(CO)NC(=O)CC(O)CCCCCCCCCCCCCCCCCCCCCCCC. The van der Waals surface area contributed by atoms with Crippen molar-refractivity contribution in [3.05, 3.63) is 12.2 Å². The molecular weight excluding hydrogens is 679 g/mol. The van der Waals surface area contributed by atoms with Gasteiger partial charge in [-0.3, -0.25) is 4.79 Å². The van der Waals surface area contributed by atoms with Gasteiger partial charge in [-0.1, -0.05) is 264 Å². The maximum absolute atomic E-state index is 12.5. The standard InChI is InChI=1S/C50H99NO4/c1-3-5-7-9-11-13-15-17-19-21-23-24-25-26-27-29-31-33-35-37-39-41-43-47(53)45-50(55)51-48(46-52)49(54)44-42-40-38-36-34-32-30-28-22-20-18-16-14-12-10-8-6-4-2/h42,44,47-49,52-54H,3-41,43,45-46H2,1-2H3,(H,51,55)/b44-42+. The molecule has 0 aromatic rings. The summed E-state index contributed by atoms with van der Waals surface area (Å²) in [4.78, 5) is 12.5. The van der Waals surface area contributed by atoms with Crippen LogP contribution in [0, 0.1) is 0 Å². The third-order valence-electron chi connectivity index (χ3n) is 11.8. The van der Waals surface area contributed by atoms with Gasteiger partial charge in [0.1, 0.15) is 0 Å². The van der Waals surface area contributed by atoms with E-state index in [2.05, 4.69) is 19.2 Å². The van der Waals surface area contributed by atoms with Crippen LogP contribution in [0.3, 0.4) is 0 Å². The number of aliphatic hydroxyl groups excluding tert-OH is 3. The summed E-state index contributed by atoms with van der Waals surface area (Å²) in [6.07, 6.45) is 55.1. The monoisotopic (exact) mass is 778 g/mol. The van der Waals surface area contributed by atoms with E-state index < -0.39 is 18.2 Å². The van der Waals surface area contributed by atoms with Crippen molar-refractivity contribution in [2.45, 2.75) is 295 Å². The normalized spacial score (nSPS) is 13.5. The Hall–Kier alpha value is -0.910. The molecule has 0 saturated heterocycles. The summed E-state index contributed by atoms with van der Waals surface area (Å²) >= 11 is 0. The molecule has 0 aromatic heterocycles. The zero-order valence-corrected chi connectivity index (χ0v) is 37.3. The van der Waals surface area contributed by atoms with E-state index >= 15 is 0 Å². The van der Waals surface area contributed by atoms with E-state index in [-0.39, 0.29) is 18.9 Å². The quantitative estimate of drug-likeness (QED) is 0.0366. The Morgan fingerprint density at radius 2 is 0.745 bits per heavy atom. The molecule has 328 valence electrons. The second-order valence-corrected chi connectivity index (χ2v) is 17.4. The van der Waals surface area contributed by atoms with Gasteiger partial charge in [0.05, 0.1) is 31.3 Å². The lowest BCUT2D eigenvalue weighted by Gasteiger charge is -2.21. The zero-order chi connectivity index (χ0) is 40.1. The van der Waals surface area contributed by atoms with Crippen molar-refractivity contribution >= 4 is 5.91 Å². The minimum atomic E-state index is -0.925. The molecular formula is C50H99NO4. The van der Waals surface area contributed by atoms with Gasteiger partial charge in [0, 0.05) is 0 Å². The summed E-state index contributed by atoms with van der Waals surface area (Å²) < 4.78 is 0. The Morgan fingerprint density at radius 3 is 1.05 bits per heavy atom. The lowest BCUT2D eigenvalue weighted by Crippen LogP contribution is -2.45. The number of aliphatic hydroxyl groups is 3. The summed E-state index contributed by atoms with van der Waals surface area (Å²) in [5.41, 5.74) is 0. The van der Waals surface area contributed by atoms with E-state index in [9.17, 15) is 20.1 Å². The predicted molar refractivity (Wildman–Crippen MR) is 241 cm³/mol. The van der Waals surface area contributed by atoms with E-state index in [0.717, 1.165) is 25.7 Å². The van der Waals surface area contributed by atoms with E-state index in [4.69, 9.17) is 0 Å². The first-order valence-corrected chi connectivity index (χ1v) is 25.0. The first kappa shape index (κ1) is 54.1. The lowest BCUT2D eigenvalue weighted by atomic mass is 10.0. The summed E-state index contributed by atoms with van der Waals surface area (Å²) in [7, 11) is 0. The number of hydrogen-bond donors (Lipinski definition) is 4. The van der Waals surface area contributed by atoms with Crippen LogP contribution in [0.5, 0.6) is 0 Å². The highest BCUT2D eigenvalue weighted by Gasteiger charge is 2.20. The molecule has 3 unspecified atom stereocenters. The van der Waals surface area contributed by atoms with Gasteiger partial charge in [0.15, 0.2) is 0 Å². The van der Waals surface area contributed by atoms with Crippen molar-refractivity contribution < 1.29 is 20.1 Å². The highest BCUT2D eigenvalue weighted by molar-refractivity contribution is 5.76.